The molecule has 11 heavy (non-hydrogen) atoms. The van der Waals surface area contributed by atoms with Gasteiger partial charge < -0.3 is 0 Å². The summed E-state index contributed by atoms with van der Waals surface area (Å²) in [6.45, 7) is 0.763. The molecule has 0 saturated carbocycles. The largest absolute Gasteiger partial charge is 0.109 e. The van der Waals surface area contributed by atoms with E-state index >= 15 is 0 Å². The first-order chi connectivity index (χ1) is 5.00. The van der Waals surface area contributed by atoms with Crippen molar-refractivity contribution in [2.75, 3.05) is 0 Å². The van der Waals surface area contributed by atoms with Crippen LogP contribution in [0, 0.1) is 0 Å². The lowest BCUT2D eigenvalue weighted by atomic mass is 28.7. The first kappa shape index (κ1) is 15.7. The van der Waals surface area contributed by atoms with Crippen molar-refractivity contribution in [1.82, 2.24) is 0 Å². The Hall–Kier alpha value is 4.73. The average molecular weight is 354 g/mol. The van der Waals surface area contributed by atoms with Gasteiger partial charge in [0.05, 0.1) is 0 Å². The Morgan fingerprint density at radius 2 is 1.18 bits per heavy atom. The topological polar surface area (TPSA) is 0 Å². The summed E-state index contributed by atoms with van der Waals surface area (Å²) < 4.78 is 0. The first-order valence-corrected chi connectivity index (χ1v) is 21.6. The van der Waals surface area contributed by atoms with Crippen molar-refractivity contribution in [2.24, 2.45) is 0 Å². The number of hydrogen-bond donors (Lipinski definition) is 0. The van der Waals surface area contributed by atoms with Gasteiger partial charge in [-0.05, 0) is 27.9 Å². The van der Waals surface area contributed by atoms with E-state index in [1.54, 1.807) is 0 Å². The van der Waals surface area contributed by atoms with Gasteiger partial charge >= 0.3 is 0 Å². The molecule has 0 aliphatic rings. The van der Waals surface area contributed by atoms with Crippen molar-refractivity contribution >= 4 is 89.5 Å². The van der Waals surface area contributed by atoms with Crippen LogP contribution in [-0.2, 0) is 0 Å². The van der Waals surface area contributed by atoms with E-state index in [9.17, 15) is 0 Å². The van der Waals surface area contributed by atoms with Gasteiger partial charge in [-0.3, -0.25) is 0 Å². The Morgan fingerprint density at radius 3 is 1.27 bits per heavy atom. The predicted octanol–water partition coefficient (Wildman–Crippen LogP) is 5.99. The molecule has 0 fully saturated rings. The Balaban J connectivity index is 4.09. The standard InChI is InChI=1S/H13P11/c1-7-10(6)11(8(2)3)9(4)5/h7H,1-6H2. The van der Waals surface area contributed by atoms with Crippen LogP contribution in [0.2, 0.25) is 0 Å². The van der Waals surface area contributed by atoms with Crippen LogP contribution in [0.3, 0.4) is 0 Å². The van der Waals surface area contributed by atoms with Crippen molar-refractivity contribution in [2.45, 2.75) is 0 Å². The van der Waals surface area contributed by atoms with Crippen molar-refractivity contribution in [3.8, 4) is 0 Å². The molecule has 0 rings (SSSR count). The molecule has 8 unspecified atom stereocenters. The molecule has 68 valence electrons. The third kappa shape index (κ3) is 6.80. The van der Waals surface area contributed by atoms with Gasteiger partial charge in [-0.1, -0.05) is 7.96 Å². The Bertz CT molecular complexity index is 84.2. The molecular weight excluding hydrogens is 341 g/mol. The molecule has 0 aliphatic carbocycles. The second kappa shape index (κ2) is 8.83. The van der Waals surface area contributed by atoms with Crippen LogP contribution in [0.15, 0.2) is 0 Å². The quantitative estimate of drug-likeness (QED) is 0.544. The maximum Gasteiger partial charge on any atom is -0.00689 e. The molecule has 0 radical (unpaired) electrons. The smallest absolute Gasteiger partial charge is 0.00689 e. The van der Waals surface area contributed by atoms with E-state index in [0.29, 0.717) is 0 Å². The predicted molar refractivity (Wildman–Crippen MR) is 94.3 cm³/mol. The van der Waals surface area contributed by atoms with E-state index in [2.05, 4.69) is 53.6 Å². The molecule has 0 saturated heterocycles. The lowest BCUT2D eigenvalue weighted by Gasteiger charge is -2.29. The maximum absolute atomic E-state index is 3.05. The Morgan fingerprint density at radius 1 is 0.818 bits per heavy atom. The third-order valence-corrected chi connectivity index (χ3v) is 59.8. The molecule has 0 heterocycles. The van der Waals surface area contributed by atoms with E-state index in [0.717, 1.165) is 7.96 Å². The van der Waals surface area contributed by atoms with E-state index in [-0.39, 0.29) is 27.9 Å². The molecule has 0 aromatic rings. The lowest BCUT2D eigenvalue weighted by Crippen LogP contribution is -1.39. The second-order valence-corrected chi connectivity index (χ2v) is 40.6. The molecule has 11 heteroatoms. The number of rotatable bonds is 4. The molecule has 0 aromatic heterocycles. The van der Waals surface area contributed by atoms with Crippen molar-refractivity contribution in [3.63, 3.8) is 0 Å². The fraction of sp³-hybridized carbons (Fsp3) is 0. The van der Waals surface area contributed by atoms with Crippen molar-refractivity contribution < 1.29 is 0 Å². The zero-order chi connectivity index (χ0) is 9.02. The Kier molecular flexibility index (Phi) is 12.6. The maximum atomic E-state index is 3.05. The lowest BCUT2D eigenvalue weighted by molar-refractivity contribution is 4.67. The Labute approximate surface area is 89.2 Å². The van der Waals surface area contributed by atoms with Gasteiger partial charge in [0.15, 0.2) is 0 Å². The molecular formula is H13P11. The highest BCUT2D eigenvalue weighted by Crippen LogP contribution is 3.12. The molecule has 0 nitrogen and oxygen atoms in total. The second-order valence-electron chi connectivity index (χ2n) is 1.50. The van der Waals surface area contributed by atoms with Crippen LogP contribution < -0.4 is 0 Å². The molecule has 0 aromatic carbocycles. The summed E-state index contributed by atoms with van der Waals surface area (Å²) in [4.78, 5) is 0. The van der Waals surface area contributed by atoms with Crippen molar-refractivity contribution in [3.05, 3.63) is 0 Å². The van der Waals surface area contributed by atoms with Gasteiger partial charge in [0.1, 0.15) is 0 Å². The van der Waals surface area contributed by atoms with Crippen LogP contribution in [0.4, 0.5) is 0 Å². The summed E-state index contributed by atoms with van der Waals surface area (Å²) in [5.41, 5.74) is 0. The minimum absolute atomic E-state index is 0.138. The zero-order valence-electron chi connectivity index (χ0n) is 5.75. The number of hydrogen-bond acceptors (Lipinski definition) is 0. The van der Waals surface area contributed by atoms with Crippen LogP contribution in [-0.4, -0.2) is 0 Å². The van der Waals surface area contributed by atoms with E-state index in [1.807, 2.05) is 0 Å². The fourth-order valence-electron chi connectivity index (χ4n) is 0.393. The summed E-state index contributed by atoms with van der Waals surface area (Å²) in [6.07, 6.45) is 0. The van der Waals surface area contributed by atoms with Gasteiger partial charge in [0, 0.05) is 0 Å². The van der Waals surface area contributed by atoms with Crippen LogP contribution in [0.5, 0.6) is 0 Å². The van der Waals surface area contributed by atoms with Crippen LogP contribution in [0.1, 0.15) is 0 Å². The summed E-state index contributed by atoms with van der Waals surface area (Å²) in [6, 6.07) is 0. The highest BCUT2D eigenvalue weighted by Gasteiger charge is 2.22. The minimum Gasteiger partial charge on any atom is -0.109 e. The normalized spacial score (nSPS) is 16.1. The van der Waals surface area contributed by atoms with E-state index in [4.69, 9.17) is 0 Å². The van der Waals surface area contributed by atoms with E-state index < -0.39 is 0 Å². The van der Waals surface area contributed by atoms with E-state index in [1.165, 1.54) is 0 Å². The van der Waals surface area contributed by atoms with Crippen LogP contribution >= 0.6 is 89.5 Å². The summed E-state index contributed by atoms with van der Waals surface area (Å²) >= 11 is 0. The van der Waals surface area contributed by atoms with Gasteiger partial charge in [-0.2, -0.15) is 0 Å². The SMILES string of the molecule is PPP(P)P(P(P)P)P(P)P. The molecule has 0 N–H and O–H groups in total. The molecule has 8 atom stereocenters. The first-order valence-electron chi connectivity index (χ1n) is 2.40. The van der Waals surface area contributed by atoms with Crippen LogP contribution in [0.25, 0.3) is 0 Å². The fourth-order valence-corrected chi connectivity index (χ4v) is 95.6. The molecule has 0 aliphatic heterocycles. The molecule has 0 amide bonds. The van der Waals surface area contributed by atoms with Gasteiger partial charge in [0.2, 0.25) is 0 Å². The summed E-state index contributed by atoms with van der Waals surface area (Å²) in [5.74, 6) is 0. The summed E-state index contributed by atoms with van der Waals surface area (Å²) in [7, 11) is 18.9. The average Bonchev–Trinajstić information content (AvgIpc) is 1.85. The van der Waals surface area contributed by atoms with Crippen molar-refractivity contribution in [1.29, 1.82) is 0 Å². The van der Waals surface area contributed by atoms with Gasteiger partial charge in [0.25, 0.3) is 0 Å². The summed E-state index contributed by atoms with van der Waals surface area (Å²) in [5, 5.41) is 0. The highest BCUT2D eigenvalue weighted by molar-refractivity contribution is 9.18. The van der Waals surface area contributed by atoms with Gasteiger partial charge in [-0.25, -0.2) is 0 Å². The minimum atomic E-state index is 0.138. The zero-order valence-corrected chi connectivity index (χ0v) is 17.3. The molecule has 0 bridgehead atoms. The molecule has 0 spiro atoms. The highest BCUT2D eigenvalue weighted by atomic mass is 33.2. The van der Waals surface area contributed by atoms with Gasteiger partial charge in [-0.15, -0.1) is 53.6 Å². The third-order valence-electron chi connectivity index (χ3n) is 0.738. The monoisotopic (exact) mass is 354 g/mol.